The SMILES string of the molecule is O[C@H](c1cc(Br)c2cccccc1-2)C(F)(F)F. The van der Waals surface area contributed by atoms with Gasteiger partial charge in [0, 0.05) is 4.47 Å². The van der Waals surface area contributed by atoms with Crippen LogP contribution in [0.1, 0.15) is 11.7 Å². The summed E-state index contributed by atoms with van der Waals surface area (Å²) in [5, 5.41) is 9.30. The smallest absolute Gasteiger partial charge is 0.379 e. The Morgan fingerprint density at radius 3 is 2.24 bits per heavy atom. The Kier molecular flexibility index (Phi) is 3.14. The zero-order valence-electron chi connectivity index (χ0n) is 8.50. The molecule has 0 aromatic rings. The molecule has 1 N–H and O–H groups in total. The van der Waals surface area contributed by atoms with Crippen molar-refractivity contribution in [1.29, 1.82) is 0 Å². The van der Waals surface area contributed by atoms with Crippen LogP contribution in [0.2, 0.25) is 0 Å². The van der Waals surface area contributed by atoms with E-state index in [1.165, 1.54) is 6.07 Å². The summed E-state index contributed by atoms with van der Waals surface area (Å²) in [6, 6.07) is 9.66. The van der Waals surface area contributed by atoms with Gasteiger partial charge >= 0.3 is 6.18 Å². The minimum atomic E-state index is -4.66. The number of aliphatic hydroxyl groups excluding tert-OH is 1. The molecule has 2 rings (SSSR count). The van der Waals surface area contributed by atoms with Crippen molar-refractivity contribution in [2.24, 2.45) is 0 Å². The maximum Gasteiger partial charge on any atom is 0.418 e. The molecule has 0 saturated carbocycles. The van der Waals surface area contributed by atoms with Crippen molar-refractivity contribution in [3.05, 3.63) is 46.4 Å². The molecule has 0 fully saturated rings. The monoisotopic (exact) mass is 304 g/mol. The quantitative estimate of drug-likeness (QED) is 0.839. The lowest BCUT2D eigenvalue weighted by Gasteiger charge is -2.14. The molecule has 0 amide bonds. The summed E-state index contributed by atoms with van der Waals surface area (Å²) < 4.78 is 38.0. The summed E-state index contributed by atoms with van der Waals surface area (Å²) in [7, 11) is 0. The molecule has 0 heterocycles. The molecule has 0 unspecified atom stereocenters. The fraction of sp³-hybridized carbons (Fsp3) is 0.167. The molecule has 0 aromatic carbocycles. The lowest BCUT2D eigenvalue weighted by molar-refractivity contribution is -0.206. The maximum absolute atomic E-state index is 12.5. The fourth-order valence-electron chi connectivity index (χ4n) is 1.70. The van der Waals surface area contributed by atoms with Gasteiger partial charge in [-0.05, 0) is 22.8 Å². The van der Waals surface area contributed by atoms with Crippen LogP contribution in [0.4, 0.5) is 13.2 Å². The fourth-order valence-corrected chi connectivity index (χ4v) is 2.29. The van der Waals surface area contributed by atoms with Crippen LogP contribution in [0.15, 0.2) is 40.9 Å². The van der Waals surface area contributed by atoms with Crippen molar-refractivity contribution in [2.45, 2.75) is 12.3 Å². The van der Waals surface area contributed by atoms with E-state index in [0.29, 0.717) is 15.6 Å². The number of fused-ring (bicyclic) bond motifs is 1. The van der Waals surface area contributed by atoms with E-state index in [1.54, 1.807) is 30.3 Å². The second kappa shape index (κ2) is 4.31. The maximum atomic E-state index is 12.5. The second-order valence-electron chi connectivity index (χ2n) is 3.63. The third-order valence-corrected chi connectivity index (χ3v) is 3.15. The Hall–Kier alpha value is -1.07. The summed E-state index contributed by atoms with van der Waals surface area (Å²) in [5.74, 6) is 0. The van der Waals surface area contributed by atoms with Crippen LogP contribution in [0.3, 0.4) is 0 Å². The number of alkyl halides is 3. The molecule has 0 saturated heterocycles. The molecular formula is C12H8BrF3O. The van der Waals surface area contributed by atoms with Gasteiger partial charge in [-0.15, -0.1) is 0 Å². The van der Waals surface area contributed by atoms with Crippen molar-refractivity contribution in [3.8, 4) is 11.1 Å². The first-order valence-electron chi connectivity index (χ1n) is 4.83. The molecule has 17 heavy (non-hydrogen) atoms. The molecule has 0 aromatic heterocycles. The zero-order valence-corrected chi connectivity index (χ0v) is 10.1. The predicted molar refractivity (Wildman–Crippen MR) is 61.8 cm³/mol. The Labute approximate surface area is 104 Å². The first-order chi connectivity index (χ1) is 7.91. The highest BCUT2D eigenvalue weighted by Gasteiger charge is 2.41. The Morgan fingerprint density at radius 1 is 1.06 bits per heavy atom. The molecule has 5 heteroatoms. The van der Waals surface area contributed by atoms with Crippen molar-refractivity contribution >= 4 is 15.9 Å². The topological polar surface area (TPSA) is 20.2 Å². The summed E-state index contributed by atoms with van der Waals surface area (Å²) in [6.07, 6.45) is -7.12. The first kappa shape index (κ1) is 12.4. The molecule has 1 nitrogen and oxygen atoms in total. The van der Waals surface area contributed by atoms with Crippen LogP contribution >= 0.6 is 15.9 Å². The van der Waals surface area contributed by atoms with Gasteiger partial charge in [0.15, 0.2) is 6.10 Å². The Morgan fingerprint density at radius 2 is 1.65 bits per heavy atom. The standard InChI is InChI=1S/C12H8BrF3O/c13-10-6-9(11(17)12(14,15)16)7-4-2-1-3-5-8(7)10/h1-6,11,17H/t11-/m1/s1. The number of hydrogen-bond acceptors (Lipinski definition) is 1. The largest absolute Gasteiger partial charge is 0.418 e. The summed E-state index contributed by atoms with van der Waals surface area (Å²) in [5.41, 5.74) is 0.913. The molecule has 1 atom stereocenters. The van der Waals surface area contributed by atoms with Gasteiger partial charge in [0.25, 0.3) is 0 Å². The van der Waals surface area contributed by atoms with E-state index in [9.17, 15) is 18.3 Å². The van der Waals surface area contributed by atoms with Crippen LogP contribution in [-0.2, 0) is 0 Å². The normalized spacial score (nSPS) is 13.9. The van der Waals surface area contributed by atoms with E-state index in [1.807, 2.05) is 0 Å². The van der Waals surface area contributed by atoms with Gasteiger partial charge in [0.1, 0.15) is 0 Å². The molecule has 0 radical (unpaired) electrons. The predicted octanol–water partition coefficient (Wildman–Crippen LogP) is 4.15. The van der Waals surface area contributed by atoms with Crippen LogP contribution in [0.25, 0.3) is 11.1 Å². The lowest BCUT2D eigenvalue weighted by Crippen LogP contribution is -2.20. The Balaban J connectivity index is 2.59. The molecule has 0 bridgehead atoms. The van der Waals surface area contributed by atoms with E-state index >= 15 is 0 Å². The average Bonchev–Trinajstić information content (AvgIpc) is 2.45. The highest BCUT2D eigenvalue weighted by Crippen LogP contribution is 2.43. The summed E-state index contributed by atoms with van der Waals surface area (Å²) >= 11 is 3.20. The van der Waals surface area contributed by atoms with Crippen LogP contribution < -0.4 is 0 Å². The zero-order chi connectivity index (χ0) is 12.6. The van der Waals surface area contributed by atoms with Crippen molar-refractivity contribution in [2.75, 3.05) is 0 Å². The van der Waals surface area contributed by atoms with E-state index < -0.39 is 12.3 Å². The molecule has 2 aliphatic rings. The van der Waals surface area contributed by atoms with Gasteiger partial charge in [0.05, 0.1) is 0 Å². The van der Waals surface area contributed by atoms with E-state index in [0.717, 1.165) is 0 Å². The molecule has 0 spiro atoms. The highest BCUT2D eigenvalue weighted by atomic mass is 79.9. The van der Waals surface area contributed by atoms with Crippen LogP contribution in [0.5, 0.6) is 0 Å². The minimum Gasteiger partial charge on any atom is -0.379 e. The molecule has 90 valence electrons. The third-order valence-electron chi connectivity index (χ3n) is 2.49. The van der Waals surface area contributed by atoms with Crippen molar-refractivity contribution in [1.82, 2.24) is 0 Å². The van der Waals surface area contributed by atoms with Gasteiger partial charge < -0.3 is 5.11 Å². The highest BCUT2D eigenvalue weighted by molar-refractivity contribution is 9.10. The lowest BCUT2D eigenvalue weighted by atomic mass is 10.1. The first-order valence-corrected chi connectivity index (χ1v) is 5.62. The summed E-state index contributed by atoms with van der Waals surface area (Å²) in [4.78, 5) is 0. The molecular weight excluding hydrogens is 297 g/mol. The van der Waals surface area contributed by atoms with Crippen molar-refractivity contribution < 1.29 is 18.3 Å². The molecule has 0 aliphatic heterocycles. The van der Waals surface area contributed by atoms with Crippen molar-refractivity contribution in [3.63, 3.8) is 0 Å². The third kappa shape index (κ3) is 2.30. The van der Waals surface area contributed by atoms with Crippen LogP contribution in [-0.4, -0.2) is 11.3 Å². The number of rotatable bonds is 1. The number of hydrogen-bond donors (Lipinski definition) is 1. The van der Waals surface area contributed by atoms with E-state index in [4.69, 9.17) is 0 Å². The second-order valence-corrected chi connectivity index (χ2v) is 4.48. The van der Waals surface area contributed by atoms with Gasteiger partial charge in [-0.2, -0.15) is 13.2 Å². The number of aliphatic hydroxyl groups is 1. The Bertz CT molecular complexity index is 510. The van der Waals surface area contributed by atoms with Gasteiger partial charge in [0.2, 0.25) is 0 Å². The van der Waals surface area contributed by atoms with E-state index in [-0.39, 0.29) is 5.56 Å². The van der Waals surface area contributed by atoms with Gasteiger partial charge in [-0.3, -0.25) is 0 Å². The van der Waals surface area contributed by atoms with Crippen LogP contribution in [0, 0.1) is 0 Å². The van der Waals surface area contributed by atoms with E-state index in [2.05, 4.69) is 15.9 Å². The average molecular weight is 305 g/mol. The van der Waals surface area contributed by atoms with Gasteiger partial charge in [-0.25, -0.2) is 0 Å². The summed E-state index contributed by atoms with van der Waals surface area (Å²) in [6.45, 7) is 0. The van der Waals surface area contributed by atoms with Gasteiger partial charge in [-0.1, -0.05) is 46.3 Å². The minimum absolute atomic E-state index is 0.129. The molecule has 2 aliphatic carbocycles. The number of halogens is 4.